The maximum absolute atomic E-state index is 12.5. The molecule has 196 valence electrons. The Morgan fingerprint density at radius 2 is 1.47 bits per heavy atom. The molecule has 0 fully saturated rings. The van der Waals surface area contributed by atoms with Crippen molar-refractivity contribution in [1.82, 2.24) is 10.6 Å². The molecule has 0 aromatic heterocycles. The van der Waals surface area contributed by atoms with Crippen LogP contribution in [-0.2, 0) is 14.4 Å². The molecular weight excluding hydrogens is 448 g/mol. The largest absolute Gasteiger partial charge is 0.480 e. The van der Waals surface area contributed by atoms with Gasteiger partial charge in [0.05, 0.1) is 0 Å². The van der Waals surface area contributed by atoms with Crippen LogP contribution in [0.2, 0.25) is 0 Å². The summed E-state index contributed by atoms with van der Waals surface area (Å²) in [5, 5.41) is 14.7. The van der Waals surface area contributed by atoms with Crippen molar-refractivity contribution < 1.29 is 19.5 Å². The lowest BCUT2D eigenvalue weighted by Crippen LogP contribution is -2.52. The molecular formula is C27H48N2O4S. The van der Waals surface area contributed by atoms with Crippen LogP contribution in [0.4, 0.5) is 0 Å². The highest BCUT2D eigenvalue weighted by molar-refractivity contribution is 7.99. The number of aliphatic carboxylic acids is 1. The number of rotatable bonds is 17. The second-order valence-corrected chi connectivity index (χ2v) is 9.87. The van der Waals surface area contributed by atoms with Crippen LogP contribution < -0.4 is 10.6 Å². The maximum atomic E-state index is 12.5. The first-order valence-electron chi connectivity index (χ1n) is 11.9. The summed E-state index contributed by atoms with van der Waals surface area (Å²) in [7, 11) is 0. The highest BCUT2D eigenvalue weighted by Crippen LogP contribution is 2.13. The fraction of sp³-hybridized carbons (Fsp3) is 0.667. The number of hydrogen-bond donors (Lipinski definition) is 3. The normalized spacial score (nSPS) is 13.4. The molecule has 0 aliphatic rings. The van der Waals surface area contributed by atoms with E-state index in [1.165, 1.54) is 35.4 Å². The summed E-state index contributed by atoms with van der Waals surface area (Å²) >= 11 is 1.48. The number of carbonyl (C=O) groups excluding carboxylic acids is 2. The number of thioether (sulfide) groups is 1. The van der Waals surface area contributed by atoms with Crippen LogP contribution in [0, 0.1) is 0 Å². The van der Waals surface area contributed by atoms with E-state index in [0.29, 0.717) is 12.2 Å². The summed E-state index contributed by atoms with van der Waals surface area (Å²) < 4.78 is 0. The number of carbonyl (C=O) groups is 3. The molecule has 0 spiro atoms. The van der Waals surface area contributed by atoms with E-state index in [-0.39, 0.29) is 19.1 Å². The Bertz CT molecular complexity index is 709. The fourth-order valence-corrected chi connectivity index (χ4v) is 4.10. The predicted octanol–water partition coefficient (Wildman–Crippen LogP) is 6.04. The molecule has 6 nitrogen and oxygen atoms in total. The first-order chi connectivity index (χ1) is 15.6. The van der Waals surface area contributed by atoms with Gasteiger partial charge >= 0.3 is 5.97 Å². The zero-order chi connectivity index (χ0) is 25.2. The monoisotopic (exact) mass is 496 g/mol. The second-order valence-electron chi connectivity index (χ2n) is 8.79. The van der Waals surface area contributed by atoms with E-state index in [9.17, 15) is 19.5 Å². The van der Waals surface area contributed by atoms with Crippen molar-refractivity contribution in [2.24, 2.45) is 0 Å². The van der Waals surface area contributed by atoms with Crippen molar-refractivity contribution in [2.75, 3.05) is 11.5 Å². The highest BCUT2D eigenvalue weighted by atomic mass is 32.2. The second kappa shape index (κ2) is 20.4. The van der Waals surface area contributed by atoms with E-state index < -0.39 is 24.0 Å². The molecule has 7 heteroatoms. The Labute approximate surface area is 212 Å². The first-order valence-corrected chi connectivity index (χ1v) is 13.0. The summed E-state index contributed by atoms with van der Waals surface area (Å²) in [6, 6.07) is -1.68. The van der Waals surface area contributed by atoms with E-state index in [2.05, 4.69) is 56.6 Å². The molecule has 0 aromatic carbocycles. The van der Waals surface area contributed by atoms with Crippen LogP contribution in [0.15, 0.2) is 34.9 Å². The molecule has 2 atom stereocenters. The zero-order valence-electron chi connectivity index (χ0n) is 21.3. The standard InChI is InChI=1S/C26H44N2O4S.CH4/c1-7-8-15-23(27-22(6)29)25(30)28-24(26(31)32)18-33-17-16-21(5)14-10-13-20(4)12-9-11-19(2)3;/h11,13,16,23-24H,7-10,12,14-15,17-18H2,1-6H3,(H,27,29)(H,28,30)(H,31,32);1H4/b20-13+,21-16+;/t23?,24-;/m0./s1. The molecule has 0 bridgehead atoms. The third-order valence-corrected chi connectivity index (χ3v) is 6.08. The van der Waals surface area contributed by atoms with Gasteiger partial charge in [-0.3, -0.25) is 9.59 Å². The number of hydrogen-bond acceptors (Lipinski definition) is 4. The highest BCUT2D eigenvalue weighted by Gasteiger charge is 2.25. The zero-order valence-corrected chi connectivity index (χ0v) is 22.1. The Hall–Kier alpha value is -2.02. The van der Waals surface area contributed by atoms with Gasteiger partial charge in [0.1, 0.15) is 12.1 Å². The summed E-state index contributed by atoms with van der Waals surface area (Å²) in [5.41, 5.74) is 4.04. The van der Waals surface area contributed by atoms with E-state index in [1.807, 2.05) is 6.92 Å². The average Bonchev–Trinajstić information content (AvgIpc) is 2.72. The third kappa shape index (κ3) is 18.4. The molecule has 0 heterocycles. The molecule has 34 heavy (non-hydrogen) atoms. The Kier molecular flexibility index (Phi) is 20.5. The molecule has 0 rings (SSSR count). The van der Waals surface area contributed by atoms with Crippen molar-refractivity contribution in [3.05, 3.63) is 34.9 Å². The molecule has 0 saturated carbocycles. The molecule has 0 saturated heterocycles. The molecule has 0 aromatic rings. The van der Waals surface area contributed by atoms with Crippen molar-refractivity contribution in [1.29, 1.82) is 0 Å². The Morgan fingerprint density at radius 3 is 2.00 bits per heavy atom. The Balaban J connectivity index is 0. The van der Waals surface area contributed by atoms with E-state index in [0.717, 1.165) is 38.5 Å². The first kappa shape index (κ1) is 34.1. The molecule has 0 radical (unpaired) electrons. The van der Waals surface area contributed by atoms with E-state index in [1.54, 1.807) is 0 Å². The van der Waals surface area contributed by atoms with Gasteiger partial charge in [-0.25, -0.2) is 4.79 Å². The maximum Gasteiger partial charge on any atom is 0.327 e. The molecule has 0 aliphatic heterocycles. The van der Waals surface area contributed by atoms with Crippen molar-refractivity contribution >= 4 is 29.5 Å². The van der Waals surface area contributed by atoms with Gasteiger partial charge < -0.3 is 15.7 Å². The van der Waals surface area contributed by atoms with Crippen LogP contribution in [0.25, 0.3) is 0 Å². The van der Waals surface area contributed by atoms with Crippen molar-refractivity contribution in [3.8, 4) is 0 Å². The topological polar surface area (TPSA) is 95.5 Å². The van der Waals surface area contributed by atoms with Crippen LogP contribution >= 0.6 is 11.8 Å². The lowest BCUT2D eigenvalue weighted by molar-refractivity contribution is -0.141. The molecule has 3 N–H and O–H groups in total. The summed E-state index contributed by atoms with van der Waals surface area (Å²) in [6.07, 6.45) is 13.0. The summed E-state index contributed by atoms with van der Waals surface area (Å²) in [5.74, 6) is -0.840. The Morgan fingerprint density at radius 1 is 0.882 bits per heavy atom. The van der Waals surface area contributed by atoms with Gasteiger partial charge in [0.25, 0.3) is 0 Å². The quantitative estimate of drug-likeness (QED) is 0.169. The predicted molar refractivity (Wildman–Crippen MR) is 146 cm³/mol. The molecule has 2 amide bonds. The fourth-order valence-electron chi connectivity index (χ4n) is 3.10. The van der Waals surface area contributed by atoms with Gasteiger partial charge in [-0.2, -0.15) is 11.8 Å². The number of nitrogens with one attached hydrogen (secondary N) is 2. The van der Waals surface area contributed by atoms with Gasteiger partial charge in [-0.1, -0.05) is 62.1 Å². The van der Waals surface area contributed by atoms with Gasteiger partial charge in [0.2, 0.25) is 11.8 Å². The number of amides is 2. The third-order valence-electron chi connectivity index (χ3n) is 5.11. The number of unbranched alkanes of at least 4 members (excludes halogenated alkanes) is 1. The SMILES string of the molecule is C.CCCCC(NC(C)=O)C(=O)N[C@@H](CSC/C=C(\C)CC/C=C(\C)CCC=C(C)C)C(=O)O. The van der Waals surface area contributed by atoms with Gasteiger partial charge in [0, 0.05) is 18.4 Å². The van der Waals surface area contributed by atoms with Gasteiger partial charge in [-0.15, -0.1) is 0 Å². The van der Waals surface area contributed by atoms with Crippen molar-refractivity contribution in [3.63, 3.8) is 0 Å². The number of carboxylic acids is 1. The average molecular weight is 497 g/mol. The minimum absolute atomic E-state index is 0. The number of carboxylic acid groups (broad SMARTS) is 1. The lowest BCUT2D eigenvalue weighted by atomic mass is 10.1. The van der Waals surface area contributed by atoms with Crippen molar-refractivity contribution in [2.45, 2.75) is 106 Å². The van der Waals surface area contributed by atoms with Crippen LogP contribution in [0.3, 0.4) is 0 Å². The van der Waals surface area contributed by atoms with E-state index >= 15 is 0 Å². The van der Waals surface area contributed by atoms with E-state index in [4.69, 9.17) is 0 Å². The van der Waals surface area contributed by atoms with Crippen LogP contribution in [0.1, 0.15) is 93.9 Å². The number of allylic oxidation sites excluding steroid dienone is 5. The van der Waals surface area contributed by atoms with Crippen LogP contribution in [0.5, 0.6) is 0 Å². The lowest BCUT2D eigenvalue weighted by Gasteiger charge is -2.20. The molecule has 0 aliphatic carbocycles. The smallest absolute Gasteiger partial charge is 0.327 e. The minimum Gasteiger partial charge on any atom is -0.480 e. The molecule has 1 unspecified atom stereocenters. The summed E-state index contributed by atoms with van der Waals surface area (Å²) in [6.45, 7) is 11.9. The summed E-state index contributed by atoms with van der Waals surface area (Å²) in [4.78, 5) is 35.5. The minimum atomic E-state index is -1.07. The van der Waals surface area contributed by atoms with Gasteiger partial charge in [0.15, 0.2) is 0 Å². The van der Waals surface area contributed by atoms with Gasteiger partial charge in [-0.05, 0) is 59.8 Å². The van der Waals surface area contributed by atoms with Crippen LogP contribution in [-0.4, -0.2) is 46.5 Å².